The van der Waals surface area contributed by atoms with Gasteiger partial charge in [0.15, 0.2) is 0 Å². The molecule has 3 unspecified atom stereocenters. The molecule has 1 fully saturated rings. The van der Waals surface area contributed by atoms with E-state index in [9.17, 15) is 24.9 Å². The van der Waals surface area contributed by atoms with Gasteiger partial charge in [-0.3, -0.25) is 4.79 Å². The van der Waals surface area contributed by atoms with Crippen LogP contribution in [-0.2, 0) is 4.79 Å². The number of carboxylic acids is 1. The van der Waals surface area contributed by atoms with Crippen molar-refractivity contribution in [2.75, 3.05) is 19.6 Å². The first kappa shape index (κ1) is 15.3. The lowest BCUT2D eigenvalue weighted by molar-refractivity contribution is -0.138. The molecule has 1 aliphatic rings. The van der Waals surface area contributed by atoms with E-state index in [0.717, 1.165) is 0 Å². The quantitative estimate of drug-likeness (QED) is 0.604. The van der Waals surface area contributed by atoms with Crippen LogP contribution in [0.5, 0.6) is 0 Å². The summed E-state index contributed by atoms with van der Waals surface area (Å²) >= 11 is 0. The fourth-order valence-corrected chi connectivity index (χ4v) is 2.27. The van der Waals surface area contributed by atoms with Gasteiger partial charge in [0.1, 0.15) is 0 Å². The Morgan fingerprint density at radius 3 is 2.29 bits per heavy atom. The molecule has 1 aromatic rings. The molecule has 21 heavy (non-hydrogen) atoms. The molecule has 0 radical (unpaired) electrons. The van der Waals surface area contributed by atoms with Crippen LogP contribution < -0.4 is 5.32 Å². The molecule has 2 rings (SSSR count). The lowest BCUT2D eigenvalue weighted by Gasteiger charge is -2.19. The van der Waals surface area contributed by atoms with Crippen molar-refractivity contribution in [3.63, 3.8) is 0 Å². The lowest BCUT2D eigenvalue weighted by atomic mass is 9.99. The highest BCUT2D eigenvalue weighted by Gasteiger charge is 2.33. The number of likely N-dealkylation sites (tertiary alicyclic amines) is 1. The maximum atomic E-state index is 11.9. The van der Waals surface area contributed by atoms with Crippen LogP contribution in [0.25, 0.3) is 0 Å². The van der Waals surface area contributed by atoms with Crippen LogP contribution >= 0.6 is 0 Å². The number of β-amino-alcohol motifs (C(OH)–C–C–N with tert-alkyl or cyclic N) is 2. The van der Waals surface area contributed by atoms with Crippen molar-refractivity contribution in [2.24, 2.45) is 0 Å². The Morgan fingerprint density at radius 2 is 1.76 bits per heavy atom. The van der Waals surface area contributed by atoms with Crippen molar-refractivity contribution < 1.29 is 24.9 Å². The maximum Gasteiger partial charge on any atom is 0.317 e. The van der Waals surface area contributed by atoms with Gasteiger partial charge in [0.25, 0.3) is 0 Å². The van der Waals surface area contributed by atoms with Gasteiger partial charge in [-0.2, -0.15) is 0 Å². The van der Waals surface area contributed by atoms with Gasteiger partial charge >= 0.3 is 12.0 Å². The van der Waals surface area contributed by atoms with E-state index in [1.165, 1.54) is 4.90 Å². The summed E-state index contributed by atoms with van der Waals surface area (Å²) in [4.78, 5) is 24.5. The second-order valence-electron chi connectivity index (χ2n) is 5.03. The molecule has 7 heteroatoms. The molecule has 7 nitrogen and oxygen atoms in total. The smallest absolute Gasteiger partial charge is 0.317 e. The van der Waals surface area contributed by atoms with Gasteiger partial charge < -0.3 is 25.5 Å². The number of aliphatic hydroxyl groups excluding tert-OH is 2. The SMILES string of the molecule is O=C(O)C(CNC(=O)N1CC(O)C(O)C1)c1ccccc1. The van der Waals surface area contributed by atoms with Gasteiger partial charge in [-0.05, 0) is 5.56 Å². The van der Waals surface area contributed by atoms with Crippen molar-refractivity contribution in [1.29, 1.82) is 0 Å². The number of aliphatic hydroxyl groups is 2. The minimum Gasteiger partial charge on any atom is -0.481 e. The number of urea groups is 1. The number of carbonyl (C=O) groups is 2. The number of carbonyl (C=O) groups excluding carboxylic acids is 1. The molecule has 0 aliphatic carbocycles. The number of benzene rings is 1. The first-order valence-electron chi connectivity index (χ1n) is 6.65. The Balaban J connectivity index is 1.94. The highest BCUT2D eigenvalue weighted by atomic mass is 16.4. The van der Waals surface area contributed by atoms with E-state index >= 15 is 0 Å². The molecule has 1 aliphatic heterocycles. The third-order valence-corrected chi connectivity index (χ3v) is 3.50. The third-order valence-electron chi connectivity index (χ3n) is 3.50. The summed E-state index contributed by atoms with van der Waals surface area (Å²) in [5.41, 5.74) is 0.604. The summed E-state index contributed by atoms with van der Waals surface area (Å²) < 4.78 is 0. The third kappa shape index (κ3) is 3.71. The number of nitrogens with zero attached hydrogens (tertiary/aromatic N) is 1. The topological polar surface area (TPSA) is 110 Å². The largest absolute Gasteiger partial charge is 0.481 e. The van der Waals surface area contributed by atoms with Crippen molar-refractivity contribution in [3.05, 3.63) is 35.9 Å². The van der Waals surface area contributed by atoms with Gasteiger partial charge in [-0.15, -0.1) is 0 Å². The Bertz CT molecular complexity index is 497. The highest BCUT2D eigenvalue weighted by molar-refractivity contribution is 5.79. The van der Waals surface area contributed by atoms with E-state index in [-0.39, 0.29) is 19.6 Å². The first-order valence-corrected chi connectivity index (χ1v) is 6.65. The predicted octanol–water partition coefficient (Wildman–Crippen LogP) is -0.398. The molecule has 4 N–H and O–H groups in total. The minimum absolute atomic E-state index is 0.0378. The summed E-state index contributed by atoms with van der Waals surface area (Å²) in [5.74, 6) is -1.87. The second kappa shape index (κ2) is 6.55. The molecule has 0 spiro atoms. The standard InChI is InChI=1S/C14H18N2O5/c17-11-7-16(8-12(11)18)14(21)15-6-10(13(19)20)9-4-2-1-3-5-9/h1-5,10-12,17-18H,6-8H2,(H,15,21)(H,19,20). The second-order valence-corrected chi connectivity index (χ2v) is 5.03. The average molecular weight is 294 g/mol. The minimum atomic E-state index is -1.03. The highest BCUT2D eigenvalue weighted by Crippen LogP contribution is 2.15. The van der Waals surface area contributed by atoms with Crippen molar-refractivity contribution in [2.45, 2.75) is 18.1 Å². The Morgan fingerprint density at radius 1 is 1.19 bits per heavy atom. The van der Waals surface area contributed by atoms with E-state index in [2.05, 4.69) is 5.32 Å². The normalized spacial score (nSPS) is 22.9. The van der Waals surface area contributed by atoms with Gasteiger partial charge in [-0.25, -0.2) is 4.79 Å². The number of nitrogens with one attached hydrogen (secondary N) is 1. The van der Waals surface area contributed by atoms with Crippen molar-refractivity contribution in [3.8, 4) is 0 Å². The summed E-state index contributed by atoms with van der Waals surface area (Å²) in [7, 11) is 0. The molecule has 2 amide bonds. The van der Waals surface area contributed by atoms with Crippen LogP contribution in [0, 0.1) is 0 Å². The fourth-order valence-electron chi connectivity index (χ4n) is 2.27. The molecule has 114 valence electrons. The molecule has 1 heterocycles. The van der Waals surface area contributed by atoms with Gasteiger partial charge in [-0.1, -0.05) is 30.3 Å². The van der Waals surface area contributed by atoms with Crippen LogP contribution in [0.3, 0.4) is 0 Å². The molecule has 1 saturated heterocycles. The Kier molecular flexibility index (Phi) is 4.77. The zero-order chi connectivity index (χ0) is 15.4. The number of amides is 2. The van der Waals surface area contributed by atoms with Crippen LogP contribution in [0.1, 0.15) is 11.5 Å². The van der Waals surface area contributed by atoms with Crippen LogP contribution in [0.2, 0.25) is 0 Å². The molecule has 0 saturated carbocycles. The van der Waals surface area contributed by atoms with Gasteiger partial charge in [0.2, 0.25) is 0 Å². The van der Waals surface area contributed by atoms with Crippen LogP contribution in [0.15, 0.2) is 30.3 Å². The molecule has 1 aromatic carbocycles. The number of rotatable bonds is 4. The predicted molar refractivity (Wildman–Crippen MR) is 73.8 cm³/mol. The molecular weight excluding hydrogens is 276 g/mol. The summed E-state index contributed by atoms with van der Waals surface area (Å²) in [5, 5.41) is 30.6. The first-order chi connectivity index (χ1) is 9.99. The lowest BCUT2D eigenvalue weighted by Crippen LogP contribution is -2.41. The van der Waals surface area contributed by atoms with E-state index in [0.29, 0.717) is 5.56 Å². The number of hydrogen-bond acceptors (Lipinski definition) is 4. The Labute approximate surface area is 121 Å². The van der Waals surface area contributed by atoms with E-state index in [1.54, 1.807) is 30.3 Å². The van der Waals surface area contributed by atoms with E-state index in [4.69, 9.17) is 0 Å². The molecule has 0 aromatic heterocycles. The number of hydrogen-bond donors (Lipinski definition) is 4. The maximum absolute atomic E-state index is 11.9. The van der Waals surface area contributed by atoms with E-state index < -0.39 is 30.1 Å². The molecule has 0 bridgehead atoms. The molecular formula is C14H18N2O5. The van der Waals surface area contributed by atoms with Crippen molar-refractivity contribution >= 4 is 12.0 Å². The monoisotopic (exact) mass is 294 g/mol. The summed E-state index contributed by atoms with van der Waals surface area (Å²) in [6.07, 6.45) is -1.92. The van der Waals surface area contributed by atoms with E-state index in [1.807, 2.05) is 0 Å². The number of aliphatic carboxylic acids is 1. The average Bonchev–Trinajstić information content (AvgIpc) is 2.79. The van der Waals surface area contributed by atoms with Crippen LogP contribution in [-0.4, -0.2) is 64.1 Å². The zero-order valence-electron chi connectivity index (χ0n) is 11.3. The summed E-state index contributed by atoms with van der Waals surface area (Å²) in [6.45, 7) is 0.0209. The number of carboxylic acid groups (broad SMARTS) is 1. The van der Waals surface area contributed by atoms with Crippen LogP contribution in [0.4, 0.5) is 4.79 Å². The van der Waals surface area contributed by atoms with Crippen molar-refractivity contribution in [1.82, 2.24) is 10.2 Å². The van der Waals surface area contributed by atoms with Gasteiger partial charge in [0, 0.05) is 6.54 Å². The zero-order valence-corrected chi connectivity index (χ0v) is 11.3. The summed E-state index contributed by atoms with van der Waals surface area (Å²) in [6, 6.07) is 8.14. The van der Waals surface area contributed by atoms with Gasteiger partial charge in [0.05, 0.1) is 31.2 Å². The Hall–Kier alpha value is -2.12. The molecule has 3 atom stereocenters. The fraction of sp³-hybridized carbons (Fsp3) is 0.429.